The van der Waals surface area contributed by atoms with Gasteiger partial charge in [-0.15, -0.1) is 12.4 Å². The molecule has 7 heteroatoms. The van der Waals surface area contributed by atoms with Crippen LogP contribution < -0.4 is 15.8 Å². The number of halogens is 2. The molecule has 1 fully saturated rings. The monoisotopic (exact) mass is 408 g/mol. The van der Waals surface area contributed by atoms with Crippen LogP contribution >= 0.6 is 12.4 Å². The summed E-state index contributed by atoms with van der Waals surface area (Å²) in [5.74, 6) is 1.00. The summed E-state index contributed by atoms with van der Waals surface area (Å²) in [6.45, 7) is 3.67. The van der Waals surface area contributed by atoms with Crippen LogP contribution in [0.5, 0.6) is 11.5 Å². The number of nitrogens with two attached hydrogens (primary N) is 1. The highest BCUT2D eigenvalue weighted by Crippen LogP contribution is 2.26. The molecule has 0 aliphatic carbocycles. The maximum Gasteiger partial charge on any atom is 0.237 e. The van der Waals surface area contributed by atoms with E-state index >= 15 is 0 Å². The molecular formula is C21H26ClFN2O3. The number of carbonyl (C=O) groups excluding carboxylic acids is 1. The molecule has 152 valence electrons. The van der Waals surface area contributed by atoms with Crippen LogP contribution in [0.4, 0.5) is 4.39 Å². The summed E-state index contributed by atoms with van der Waals surface area (Å²) < 4.78 is 24.1. The molecular weight excluding hydrogens is 383 g/mol. The van der Waals surface area contributed by atoms with Gasteiger partial charge in [0.1, 0.15) is 17.3 Å². The third-order valence-electron chi connectivity index (χ3n) is 4.82. The molecule has 1 atom stereocenters. The van der Waals surface area contributed by atoms with Gasteiger partial charge in [-0.3, -0.25) is 4.79 Å². The van der Waals surface area contributed by atoms with Crippen molar-refractivity contribution in [2.45, 2.75) is 32.4 Å². The third kappa shape index (κ3) is 5.92. The summed E-state index contributed by atoms with van der Waals surface area (Å²) in [4.78, 5) is 12.3. The van der Waals surface area contributed by atoms with Crippen LogP contribution in [0.3, 0.4) is 0 Å². The normalized spacial score (nSPS) is 15.4. The van der Waals surface area contributed by atoms with E-state index in [0.29, 0.717) is 31.3 Å². The Balaban J connectivity index is 0.00000280. The maximum absolute atomic E-state index is 13.0. The lowest BCUT2D eigenvalue weighted by atomic mass is 9.92. The Morgan fingerprint density at radius 1 is 1.25 bits per heavy atom. The zero-order chi connectivity index (χ0) is 19.2. The van der Waals surface area contributed by atoms with Gasteiger partial charge in [-0.05, 0) is 67.1 Å². The fraction of sp³-hybridized carbons (Fsp3) is 0.381. The van der Waals surface area contributed by atoms with E-state index < -0.39 is 6.04 Å². The Hall–Kier alpha value is -2.15. The Labute approximate surface area is 170 Å². The highest BCUT2D eigenvalue weighted by atomic mass is 35.5. The Kier molecular flexibility index (Phi) is 8.23. The van der Waals surface area contributed by atoms with Crippen molar-refractivity contribution in [3.63, 3.8) is 0 Å². The lowest BCUT2D eigenvalue weighted by Crippen LogP contribution is -2.46. The number of hydrogen-bond acceptors (Lipinski definition) is 4. The van der Waals surface area contributed by atoms with Crippen molar-refractivity contribution >= 4 is 18.3 Å². The van der Waals surface area contributed by atoms with Gasteiger partial charge in [0.05, 0.1) is 6.04 Å². The van der Waals surface area contributed by atoms with E-state index in [1.54, 1.807) is 12.1 Å². The van der Waals surface area contributed by atoms with E-state index in [1.807, 2.05) is 25.1 Å². The van der Waals surface area contributed by atoms with E-state index in [2.05, 4.69) is 5.32 Å². The molecule has 0 saturated carbocycles. The van der Waals surface area contributed by atoms with E-state index in [1.165, 1.54) is 12.1 Å². The largest absolute Gasteiger partial charge is 0.457 e. The summed E-state index contributed by atoms with van der Waals surface area (Å²) in [5.41, 5.74) is 7.99. The Morgan fingerprint density at radius 3 is 2.57 bits per heavy atom. The topological polar surface area (TPSA) is 73.6 Å². The first-order valence-corrected chi connectivity index (χ1v) is 9.17. The highest BCUT2D eigenvalue weighted by Gasteiger charge is 2.26. The van der Waals surface area contributed by atoms with Gasteiger partial charge in [0.2, 0.25) is 5.91 Å². The summed E-state index contributed by atoms with van der Waals surface area (Å²) >= 11 is 0. The minimum absolute atomic E-state index is 0. The van der Waals surface area contributed by atoms with Crippen molar-refractivity contribution in [1.82, 2.24) is 5.32 Å². The van der Waals surface area contributed by atoms with Crippen LogP contribution in [-0.2, 0) is 16.1 Å². The van der Waals surface area contributed by atoms with E-state index in [9.17, 15) is 9.18 Å². The average molecular weight is 409 g/mol. The molecule has 0 aromatic heterocycles. The first-order chi connectivity index (χ1) is 13.0. The van der Waals surface area contributed by atoms with Crippen LogP contribution in [0, 0.1) is 18.7 Å². The van der Waals surface area contributed by atoms with Crippen molar-refractivity contribution in [2.24, 2.45) is 11.7 Å². The van der Waals surface area contributed by atoms with Gasteiger partial charge >= 0.3 is 0 Å². The summed E-state index contributed by atoms with van der Waals surface area (Å²) in [5, 5.41) is 2.91. The van der Waals surface area contributed by atoms with Gasteiger partial charge in [0, 0.05) is 19.8 Å². The number of nitrogens with one attached hydrogen (secondary N) is 1. The van der Waals surface area contributed by atoms with Crippen molar-refractivity contribution in [3.8, 4) is 11.5 Å². The lowest BCUT2D eigenvalue weighted by molar-refractivity contribution is -0.124. The van der Waals surface area contributed by atoms with Gasteiger partial charge in [0.25, 0.3) is 0 Å². The molecule has 1 aliphatic rings. The summed E-state index contributed by atoms with van der Waals surface area (Å²) in [6, 6.07) is 11.1. The summed E-state index contributed by atoms with van der Waals surface area (Å²) in [6.07, 6.45) is 1.65. The fourth-order valence-corrected chi connectivity index (χ4v) is 3.16. The number of rotatable bonds is 6. The third-order valence-corrected chi connectivity index (χ3v) is 4.82. The van der Waals surface area contributed by atoms with E-state index in [-0.39, 0.29) is 30.0 Å². The number of hydrogen-bond donors (Lipinski definition) is 2. The van der Waals surface area contributed by atoms with Crippen LogP contribution in [0.1, 0.15) is 24.0 Å². The first-order valence-electron chi connectivity index (χ1n) is 9.17. The van der Waals surface area contributed by atoms with Gasteiger partial charge in [-0.2, -0.15) is 0 Å². The molecule has 1 aliphatic heterocycles. The minimum Gasteiger partial charge on any atom is -0.457 e. The van der Waals surface area contributed by atoms with Crippen LogP contribution in [0.15, 0.2) is 42.5 Å². The molecule has 0 spiro atoms. The van der Waals surface area contributed by atoms with Gasteiger partial charge < -0.3 is 20.5 Å². The maximum atomic E-state index is 13.0. The predicted octanol–water partition coefficient (Wildman–Crippen LogP) is 3.72. The molecule has 2 aromatic rings. The van der Waals surface area contributed by atoms with Crippen molar-refractivity contribution in [1.29, 1.82) is 0 Å². The van der Waals surface area contributed by atoms with E-state index in [0.717, 1.165) is 24.0 Å². The SMILES string of the molecule is Cc1cc(CNC(=O)C(N)C2CCOCC2)ccc1Oc1ccc(F)cc1.Cl. The Morgan fingerprint density at radius 2 is 1.93 bits per heavy atom. The molecule has 1 amide bonds. The molecule has 1 heterocycles. The second-order valence-electron chi connectivity index (χ2n) is 6.85. The van der Waals surface area contributed by atoms with E-state index in [4.69, 9.17) is 15.2 Å². The number of amides is 1. The lowest BCUT2D eigenvalue weighted by Gasteiger charge is -2.26. The highest BCUT2D eigenvalue weighted by molar-refractivity contribution is 5.85. The molecule has 1 saturated heterocycles. The number of ether oxygens (including phenoxy) is 2. The average Bonchev–Trinajstić information content (AvgIpc) is 2.69. The fourth-order valence-electron chi connectivity index (χ4n) is 3.16. The van der Waals surface area contributed by atoms with Gasteiger partial charge in [-0.25, -0.2) is 4.39 Å². The number of aryl methyl sites for hydroxylation is 1. The van der Waals surface area contributed by atoms with Gasteiger partial charge in [0.15, 0.2) is 0 Å². The van der Waals surface area contributed by atoms with Crippen molar-refractivity contribution in [2.75, 3.05) is 13.2 Å². The smallest absolute Gasteiger partial charge is 0.237 e. The Bertz CT molecular complexity index is 780. The second-order valence-corrected chi connectivity index (χ2v) is 6.85. The van der Waals surface area contributed by atoms with Crippen molar-refractivity contribution < 1.29 is 18.7 Å². The quantitative estimate of drug-likeness (QED) is 0.764. The number of carbonyl (C=O) groups is 1. The van der Waals surface area contributed by atoms with Crippen LogP contribution in [0.2, 0.25) is 0 Å². The zero-order valence-corrected chi connectivity index (χ0v) is 16.6. The zero-order valence-electron chi connectivity index (χ0n) is 15.8. The molecule has 2 aromatic carbocycles. The standard InChI is InChI=1S/C21H25FN2O3.ClH/c1-14-12-15(2-7-19(14)27-18-5-3-17(22)4-6-18)13-24-21(25)20(23)16-8-10-26-11-9-16;/h2-7,12,16,20H,8-11,13,23H2,1H3,(H,24,25);1H. The predicted molar refractivity (Wildman–Crippen MR) is 108 cm³/mol. The molecule has 28 heavy (non-hydrogen) atoms. The summed E-state index contributed by atoms with van der Waals surface area (Å²) in [7, 11) is 0. The first kappa shape index (κ1) is 22.1. The molecule has 5 nitrogen and oxygen atoms in total. The van der Waals surface area contributed by atoms with Crippen LogP contribution in [-0.4, -0.2) is 25.2 Å². The minimum atomic E-state index is -0.504. The molecule has 3 N–H and O–H groups in total. The van der Waals surface area contributed by atoms with Gasteiger partial charge in [-0.1, -0.05) is 12.1 Å². The van der Waals surface area contributed by atoms with Crippen molar-refractivity contribution in [3.05, 3.63) is 59.4 Å². The molecule has 0 bridgehead atoms. The molecule has 1 unspecified atom stereocenters. The second kappa shape index (κ2) is 10.4. The van der Waals surface area contributed by atoms with Crippen LogP contribution in [0.25, 0.3) is 0 Å². The molecule has 3 rings (SSSR count). The number of benzene rings is 2. The molecule has 0 radical (unpaired) electrons.